The summed E-state index contributed by atoms with van der Waals surface area (Å²) >= 11 is 0. The highest BCUT2D eigenvalue weighted by molar-refractivity contribution is 5.77. The molecule has 0 aliphatic heterocycles. The van der Waals surface area contributed by atoms with Crippen molar-refractivity contribution in [2.24, 2.45) is 5.73 Å². The van der Waals surface area contributed by atoms with Crippen LogP contribution < -0.4 is 5.73 Å². The van der Waals surface area contributed by atoms with E-state index in [-0.39, 0.29) is 0 Å². The number of hydrogen-bond donors (Lipinski definition) is 1. The molecule has 3 heteroatoms. The van der Waals surface area contributed by atoms with E-state index in [1.54, 1.807) is 0 Å². The fourth-order valence-electron chi connectivity index (χ4n) is 3.81. The summed E-state index contributed by atoms with van der Waals surface area (Å²) in [5, 5.41) is 0. The first-order valence-corrected chi connectivity index (χ1v) is 8.34. The minimum absolute atomic E-state index is 0.379. The van der Waals surface area contributed by atoms with Crippen molar-refractivity contribution in [2.75, 3.05) is 6.54 Å². The Bertz CT molecular complexity index is 250. The van der Waals surface area contributed by atoms with Crippen molar-refractivity contribution in [3.8, 4) is 0 Å². The third-order valence-corrected chi connectivity index (χ3v) is 4.82. The summed E-state index contributed by atoms with van der Waals surface area (Å²) in [5.74, 6) is 0.379. The molecule has 0 aromatic carbocycles. The molecule has 0 heterocycles. The van der Waals surface area contributed by atoms with E-state index in [1.165, 1.54) is 64.2 Å². The average Bonchev–Trinajstić information content (AvgIpc) is 2.47. The van der Waals surface area contributed by atoms with Crippen LogP contribution in [-0.2, 0) is 4.79 Å². The second-order valence-electron chi connectivity index (χ2n) is 6.28. The van der Waals surface area contributed by atoms with E-state index in [2.05, 4.69) is 4.90 Å². The second-order valence-corrected chi connectivity index (χ2v) is 6.28. The second kappa shape index (κ2) is 7.88. The van der Waals surface area contributed by atoms with Gasteiger partial charge in [0.05, 0.1) is 0 Å². The van der Waals surface area contributed by atoms with Crippen molar-refractivity contribution in [3.05, 3.63) is 0 Å². The number of rotatable bonds is 5. The van der Waals surface area contributed by atoms with Gasteiger partial charge in [-0.15, -0.1) is 0 Å². The number of carbonyl (C=O) groups excluding carboxylic acids is 1. The molecule has 0 bridgehead atoms. The molecule has 0 radical (unpaired) electrons. The lowest BCUT2D eigenvalue weighted by Gasteiger charge is -2.42. The zero-order chi connectivity index (χ0) is 13.5. The van der Waals surface area contributed by atoms with Crippen molar-refractivity contribution in [1.82, 2.24) is 4.90 Å². The molecule has 0 saturated heterocycles. The largest absolute Gasteiger partial charge is 0.337 e. The average molecular weight is 266 g/mol. The van der Waals surface area contributed by atoms with Crippen molar-refractivity contribution in [1.29, 1.82) is 0 Å². The number of nitrogens with zero attached hydrogens (tertiary/aromatic N) is 1. The first kappa shape index (κ1) is 14.8. The van der Waals surface area contributed by atoms with Gasteiger partial charge in [0.15, 0.2) is 0 Å². The van der Waals surface area contributed by atoms with Gasteiger partial charge in [-0.05, 0) is 38.6 Å². The van der Waals surface area contributed by atoms with Crippen LogP contribution in [0.5, 0.6) is 0 Å². The quantitative estimate of drug-likeness (QED) is 0.830. The molecule has 0 unspecified atom stereocenters. The predicted molar refractivity (Wildman–Crippen MR) is 78.9 cm³/mol. The number of amides is 1. The van der Waals surface area contributed by atoms with E-state index >= 15 is 0 Å². The van der Waals surface area contributed by atoms with Gasteiger partial charge < -0.3 is 10.6 Å². The summed E-state index contributed by atoms with van der Waals surface area (Å²) in [6, 6.07) is 1.06. The molecule has 3 nitrogen and oxygen atoms in total. The van der Waals surface area contributed by atoms with E-state index < -0.39 is 0 Å². The zero-order valence-corrected chi connectivity index (χ0v) is 12.3. The summed E-state index contributed by atoms with van der Waals surface area (Å²) in [7, 11) is 0. The maximum atomic E-state index is 12.6. The fraction of sp³-hybridized carbons (Fsp3) is 0.938. The Morgan fingerprint density at radius 3 is 1.79 bits per heavy atom. The standard InChI is InChI=1S/C16H30N2O/c17-13-7-12-16(19)18(14-8-3-1-4-9-14)15-10-5-2-6-11-15/h14-15H,1-13,17H2. The molecule has 19 heavy (non-hydrogen) atoms. The Labute approximate surface area is 117 Å². The van der Waals surface area contributed by atoms with E-state index in [0.29, 0.717) is 31.0 Å². The molecule has 2 fully saturated rings. The van der Waals surface area contributed by atoms with Crippen LogP contribution >= 0.6 is 0 Å². The number of hydrogen-bond acceptors (Lipinski definition) is 2. The van der Waals surface area contributed by atoms with Crippen LogP contribution in [0.3, 0.4) is 0 Å². The van der Waals surface area contributed by atoms with Crippen LogP contribution in [0.1, 0.15) is 77.0 Å². The molecule has 1 amide bonds. The van der Waals surface area contributed by atoms with Gasteiger partial charge >= 0.3 is 0 Å². The highest BCUT2D eigenvalue weighted by atomic mass is 16.2. The van der Waals surface area contributed by atoms with Crippen molar-refractivity contribution >= 4 is 5.91 Å². The number of carbonyl (C=O) groups is 1. The molecule has 0 spiro atoms. The Kier molecular flexibility index (Phi) is 6.15. The minimum atomic E-state index is 0.379. The smallest absolute Gasteiger partial charge is 0.223 e. The normalized spacial score (nSPS) is 22.4. The lowest BCUT2D eigenvalue weighted by atomic mass is 9.88. The highest BCUT2D eigenvalue weighted by Gasteiger charge is 2.31. The van der Waals surface area contributed by atoms with Crippen LogP contribution in [-0.4, -0.2) is 29.4 Å². The lowest BCUT2D eigenvalue weighted by molar-refractivity contribution is -0.138. The summed E-state index contributed by atoms with van der Waals surface area (Å²) < 4.78 is 0. The lowest BCUT2D eigenvalue weighted by Crippen LogP contribution is -2.48. The topological polar surface area (TPSA) is 46.3 Å². The molecule has 0 aromatic rings. The van der Waals surface area contributed by atoms with Crippen LogP contribution in [0.2, 0.25) is 0 Å². The van der Waals surface area contributed by atoms with E-state index in [1.807, 2.05) is 0 Å². The van der Waals surface area contributed by atoms with Gasteiger partial charge in [-0.25, -0.2) is 0 Å². The molecule has 2 aliphatic rings. The Hall–Kier alpha value is -0.570. The SMILES string of the molecule is NCCCC(=O)N(C1CCCCC1)C1CCCCC1. The third kappa shape index (κ3) is 4.20. The fourth-order valence-corrected chi connectivity index (χ4v) is 3.81. The van der Waals surface area contributed by atoms with Crippen LogP contribution in [0.4, 0.5) is 0 Å². The molecule has 0 atom stereocenters. The summed E-state index contributed by atoms with van der Waals surface area (Å²) in [6.07, 6.45) is 14.3. The maximum absolute atomic E-state index is 12.6. The molecule has 2 N–H and O–H groups in total. The molecule has 2 rings (SSSR count). The van der Waals surface area contributed by atoms with Gasteiger partial charge in [-0.3, -0.25) is 4.79 Å². The minimum Gasteiger partial charge on any atom is -0.337 e. The highest BCUT2D eigenvalue weighted by Crippen LogP contribution is 2.30. The van der Waals surface area contributed by atoms with Crippen molar-refractivity contribution < 1.29 is 4.79 Å². The van der Waals surface area contributed by atoms with Gasteiger partial charge in [0.2, 0.25) is 5.91 Å². The van der Waals surface area contributed by atoms with Gasteiger partial charge in [0.1, 0.15) is 0 Å². The Morgan fingerprint density at radius 1 is 0.895 bits per heavy atom. The van der Waals surface area contributed by atoms with Crippen molar-refractivity contribution in [2.45, 2.75) is 89.1 Å². The van der Waals surface area contributed by atoms with Gasteiger partial charge in [0, 0.05) is 18.5 Å². The van der Waals surface area contributed by atoms with Crippen LogP contribution in [0.25, 0.3) is 0 Å². The molecular formula is C16H30N2O. The van der Waals surface area contributed by atoms with Crippen molar-refractivity contribution in [3.63, 3.8) is 0 Å². The maximum Gasteiger partial charge on any atom is 0.223 e. The third-order valence-electron chi connectivity index (χ3n) is 4.82. The Morgan fingerprint density at radius 2 is 1.37 bits per heavy atom. The van der Waals surface area contributed by atoms with E-state index in [0.717, 1.165) is 6.42 Å². The van der Waals surface area contributed by atoms with E-state index in [9.17, 15) is 4.79 Å². The zero-order valence-electron chi connectivity index (χ0n) is 12.3. The van der Waals surface area contributed by atoms with Gasteiger partial charge in [-0.2, -0.15) is 0 Å². The predicted octanol–water partition coefficient (Wildman–Crippen LogP) is 3.22. The summed E-state index contributed by atoms with van der Waals surface area (Å²) in [4.78, 5) is 14.9. The van der Waals surface area contributed by atoms with Gasteiger partial charge in [0.25, 0.3) is 0 Å². The summed E-state index contributed by atoms with van der Waals surface area (Å²) in [6.45, 7) is 0.634. The monoisotopic (exact) mass is 266 g/mol. The first-order chi connectivity index (χ1) is 9.33. The molecule has 2 saturated carbocycles. The summed E-state index contributed by atoms with van der Waals surface area (Å²) in [5.41, 5.74) is 5.56. The first-order valence-electron chi connectivity index (χ1n) is 8.34. The Balaban J connectivity index is 1.99. The number of nitrogens with two attached hydrogens (primary N) is 1. The van der Waals surface area contributed by atoms with E-state index in [4.69, 9.17) is 5.73 Å². The molecular weight excluding hydrogens is 236 g/mol. The molecule has 0 aromatic heterocycles. The molecule has 2 aliphatic carbocycles. The van der Waals surface area contributed by atoms with Gasteiger partial charge in [-0.1, -0.05) is 38.5 Å². The molecule has 110 valence electrons. The van der Waals surface area contributed by atoms with Crippen LogP contribution in [0.15, 0.2) is 0 Å². The van der Waals surface area contributed by atoms with Crippen LogP contribution in [0, 0.1) is 0 Å².